The van der Waals surface area contributed by atoms with Crippen molar-refractivity contribution in [3.8, 4) is 0 Å². The topological polar surface area (TPSA) is 43.1 Å². The monoisotopic (exact) mass is 229 g/mol. The van der Waals surface area contributed by atoms with Gasteiger partial charge in [0.15, 0.2) is 6.29 Å². The van der Waals surface area contributed by atoms with Gasteiger partial charge in [-0.05, 0) is 18.2 Å². The summed E-state index contributed by atoms with van der Waals surface area (Å²) in [5, 5.41) is 0. The molecule has 0 aliphatic carbocycles. The number of rotatable bonds is 1. The lowest BCUT2D eigenvalue weighted by molar-refractivity contribution is 0.112. The molecule has 0 aromatic heterocycles. The Morgan fingerprint density at radius 2 is 2.00 bits per heavy atom. The largest absolute Gasteiger partial charge is 0.398 e. The lowest BCUT2D eigenvalue weighted by Gasteiger charge is -1.96. The molecular weight excluding hydrogens is 218 g/mol. The van der Waals surface area contributed by atoms with Crippen molar-refractivity contribution >= 4 is 27.9 Å². The third-order valence-corrected chi connectivity index (χ3v) is 1.67. The fourth-order valence-corrected chi connectivity index (χ4v) is 1.03. The Labute approximate surface area is 80.9 Å². The average molecular weight is 230 g/mol. The van der Waals surface area contributed by atoms with Crippen LogP contribution in [0.4, 0.5) is 5.69 Å². The first kappa shape index (κ1) is 11.2. The van der Waals surface area contributed by atoms with Gasteiger partial charge in [0.25, 0.3) is 0 Å². The molecule has 2 nitrogen and oxygen atoms in total. The van der Waals surface area contributed by atoms with Gasteiger partial charge >= 0.3 is 0 Å². The quantitative estimate of drug-likeness (QED) is 0.595. The Kier molecular flexibility index (Phi) is 5.37. The van der Waals surface area contributed by atoms with E-state index in [0.29, 0.717) is 11.3 Å². The molecule has 0 aliphatic rings. The van der Waals surface area contributed by atoms with Gasteiger partial charge in [-0.1, -0.05) is 29.8 Å². The molecular formula is C9H12BrNO. The van der Waals surface area contributed by atoms with Crippen LogP contribution in [-0.2, 0) is 0 Å². The predicted molar refractivity (Wildman–Crippen MR) is 55.3 cm³/mol. The van der Waals surface area contributed by atoms with Crippen LogP contribution in [-0.4, -0.2) is 6.29 Å². The molecule has 2 N–H and O–H groups in total. The first-order valence-electron chi connectivity index (χ1n) is 3.74. The maximum atomic E-state index is 10.2. The summed E-state index contributed by atoms with van der Waals surface area (Å²) in [5.74, 6) is 0. The van der Waals surface area contributed by atoms with E-state index < -0.39 is 0 Å². The standard InChI is InChI=1S/C7H6BrNO.C2H6/c8-6-2-1-5(4-10)7(9)3-6;1-2/h1-4H,9H2;1-2H3. The lowest BCUT2D eigenvalue weighted by Crippen LogP contribution is -1.91. The number of hydrogen-bond acceptors (Lipinski definition) is 2. The number of anilines is 1. The van der Waals surface area contributed by atoms with Crippen LogP contribution in [0, 0.1) is 0 Å². The molecule has 0 saturated heterocycles. The summed E-state index contributed by atoms with van der Waals surface area (Å²) in [7, 11) is 0. The Morgan fingerprint density at radius 1 is 1.42 bits per heavy atom. The Balaban J connectivity index is 0.000000561. The van der Waals surface area contributed by atoms with Crippen molar-refractivity contribution in [2.24, 2.45) is 0 Å². The van der Waals surface area contributed by atoms with Crippen molar-refractivity contribution in [3.05, 3.63) is 28.2 Å². The van der Waals surface area contributed by atoms with Gasteiger partial charge in [-0.3, -0.25) is 4.79 Å². The van der Waals surface area contributed by atoms with Crippen LogP contribution in [0.15, 0.2) is 22.7 Å². The van der Waals surface area contributed by atoms with Gasteiger partial charge in [0, 0.05) is 15.7 Å². The number of carbonyl (C=O) groups is 1. The van der Waals surface area contributed by atoms with E-state index in [4.69, 9.17) is 5.73 Å². The highest BCUT2D eigenvalue weighted by Crippen LogP contribution is 2.16. The van der Waals surface area contributed by atoms with E-state index in [0.717, 1.165) is 10.8 Å². The van der Waals surface area contributed by atoms with Gasteiger partial charge in [0.2, 0.25) is 0 Å². The van der Waals surface area contributed by atoms with Crippen LogP contribution < -0.4 is 5.73 Å². The third-order valence-electron chi connectivity index (χ3n) is 1.18. The summed E-state index contributed by atoms with van der Waals surface area (Å²) in [6, 6.07) is 5.15. The maximum Gasteiger partial charge on any atom is 0.152 e. The smallest absolute Gasteiger partial charge is 0.152 e. The molecule has 1 rings (SSSR count). The third kappa shape index (κ3) is 3.05. The first-order chi connectivity index (χ1) is 5.74. The molecule has 0 bridgehead atoms. The Hall–Kier alpha value is -0.830. The van der Waals surface area contributed by atoms with Gasteiger partial charge < -0.3 is 5.73 Å². The van der Waals surface area contributed by atoms with Gasteiger partial charge in [0.05, 0.1) is 0 Å². The van der Waals surface area contributed by atoms with E-state index in [1.54, 1.807) is 18.2 Å². The zero-order valence-electron chi connectivity index (χ0n) is 7.17. The van der Waals surface area contributed by atoms with Crippen molar-refractivity contribution in [2.45, 2.75) is 13.8 Å². The highest BCUT2D eigenvalue weighted by molar-refractivity contribution is 9.10. The van der Waals surface area contributed by atoms with Crippen molar-refractivity contribution < 1.29 is 4.79 Å². The second kappa shape index (κ2) is 5.77. The summed E-state index contributed by atoms with van der Waals surface area (Å²) in [6.45, 7) is 4.00. The van der Waals surface area contributed by atoms with E-state index in [1.165, 1.54) is 0 Å². The van der Waals surface area contributed by atoms with Gasteiger partial charge in [-0.2, -0.15) is 0 Å². The van der Waals surface area contributed by atoms with E-state index >= 15 is 0 Å². The predicted octanol–water partition coefficient (Wildman–Crippen LogP) is 2.87. The molecule has 1 aromatic rings. The lowest BCUT2D eigenvalue weighted by atomic mass is 10.2. The van der Waals surface area contributed by atoms with Crippen LogP contribution in [0.5, 0.6) is 0 Å². The molecule has 1 aromatic carbocycles. The van der Waals surface area contributed by atoms with Crippen molar-refractivity contribution in [1.29, 1.82) is 0 Å². The number of carbonyl (C=O) groups excluding carboxylic acids is 1. The molecule has 3 heteroatoms. The molecule has 0 spiro atoms. The van der Waals surface area contributed by atoms with Gasteiger partial charge in [0.1, 0.15) is 0 Å². The number of nitrogen functional groups attached to an aromatic ring is 1. The molecule has 0 saturated carbocycles. The zero-order valence-corrected chi connectivity index (χ0v) is 8.76. The number of halogens is 1. The summed E-state index contributed by atoms with van der Waals surface area (Å²) < 4.78 is 0.885. The second-order valence-corrected chi connectivity index (χ2v) is 2.81. The van der Waals surface area contributed by atoms with Crippen LogP contribution in [0.2, 0.25) is 0 Å². The van der Waals surface area contributed by atoms with Crippen LogP contribution >= 0.6 is 15.9 Å². The van der Waals surface area contributed by atoms with Crippen LogP contribution in [0.1, 0.15) is 24.2 Å². The molecule has 0 aliphatic heterocycles. The minimum absolute atomic E-state index is 0.504. The minimum Gasteiger partial charge on any atom is -0.398 e. The first-order valence-corrected chi connectivity index (χ1v) is 4.53. The van der Waals surface area contributed by atoms with E-state index in [2.05, 4.69) is 15.9 Å². The molecule has 0 unspecified atom stereocenters. The molecule has 0 amide bonds. The Bertz CT molecular complexity index is 261. The number of nitrogens with two attached hydrogens (primary N) is 1. The summed E-state index contributed by atoms with van der Waals surface area (Å²) in [4.78, 5) is 10.2. The second-order valence-electron chi connectivity index (χ2n) is 1.89. The van der Waals surface area contributed by atoms with Crippen LogP contribution in [0.25, 0.3) is 0 Å². The molecule has 0 heterocycles. The number of aldehydes is 1. The maximum absolute atomic E-state index is 10.2. The fourth-order valence-electron chi connectivity index (χ4n) is 0.653. The van der Waals surface area contributed by atoms with Crippen molar-refractivity contribution in [2.75, 3.05) is 5.73 Å². The highest BCUT2D eigenvalue weighted by atomic mass is 79.9. The summed E-state index contributed by atoms with van der Waals surface area (Å²) in [6.07, 6.45) is 0.738. The average Bonchev–Trinajstić information content (AvgIpc) is 2.08. The molecule has 0 radical (unpaired) electrons. The molecule has 66 valence electrons. The van der Waals surface area contributed by atoms with E-state index in [9.17, 15) is 4.79 Å². The summed E-state index contributed by atoms with van der Waals surface area (Å²) >= 11 is 3.23. The number of benzene rings is 1. The molecule has 0 fully saturated rings. The van der Waals surface area contributed by atoms with Crippen molar-refractivity contribution in [1.82, 2.24) is 0 Å². The summed E-state index contributed by atoms with van der Waals surface area (Å²) in [5.41, 5.74) is 6.51. The van der Waals surface area contributed by atoms with Gasteiger partial charge in [-0.25, -0.2) is 0 Å². The van der Waals surface area contributed by atoms with Crippen LogP contribution in [0.3, 0.4) is 0 Å². The Morgan fingerprint density at radius 3 is 2.42 bits per heavy atom. The van der Waals surface area contributed by atoms with E-state index in [1.807, 2.05) is 13.8 Å². The van der Waals surface area contributed by atoms with E-state index in [-0.39, 0.29) is 0 Å². The van der Waals surface area contributed by atoms with Crippen molar-refractivity contribution in [3.63, 3.8) is 0 Å². The molecule has 0 atom stereocenters. The fraction of sp³-hybridized carbons (Fsp3) is 0.222. The minimum atomic E-state index is 0.504. The molecule has 12 heavy (non-hydrogen) atoms. The zero-order chi connectivity index (χ0) is 9.56. The SMILES string of the molecule is CC.Nc1cc(Br)ccc1C=O. The normalized spacial score (nSPS) is 8.25. The highest BCUT2D eigenvalue weighted by Gasteiger charge is 1.95. The number of hydrogen-bond donors (Lipinski definition) is 1. The van der Waals surface area contributed by atoms with Gasteiger partial charge in [-0.15, -0.1) is 0 Å².